The SMILES string of the molecule is CN(Cc1cnn(-c2ccc(F)cc2)c1)C(=O)c1ccc(-n2ccnc2)cc1. The van der Waals surface area contributed by atoms with E-state index in [2.05, 4.69) is 10.1 Å². The Kier molecular flexibility index (Phi) is 4.72. The van der Waals surface area contributed by atoms with Crippen molar-refractivity contribution in [3.8, 4) is 11.4 Å². The van der Waals surface area contributed by atoms with Gasteiger partial charge in [0, 0.05) is 49.0 Å². The highest BCUT2D eigenvalue weighted by Crippen LogP contribution is 2.14. The van der Waals surface area contributed by atoms with Gasteiger partial charge in [-0.1, -0.05) is 0 Å². The molecule has 7 heteroatoms. The van der Waals surface area contributed by atoms with E-state index in [0.717, 1.165) is 16.9 Å². The van der Waals surface area contributed by atoms with Crippen molar-refractivity contribution in [3.63, 3.8) is 0 Å². The molecule has 140 valence electrons. The van der Waals surface area contributed by atoms with Crippen LogP contribution in [0.1, 0.15) is 15.9 Å². The molecule has 0 aliphatic carbocycles. The standard InChI is InChI=1S/C21H18FN5O/c1-25(13-16-12-24-27(14-16)20-8-4-18(22)5-9-20)21(28)17-2-6-19(7-3-17)26-11-10-23-15-26/h2-12,14-15H,13H2,1H3. The van der Waals surface area contributed by atoms with Crippen LogP contribution >= 0.6 is 0 Å². The minimum absolute atomic E-state index is 0.0771. The molecule has 0 spiro atoms. The van der Waals surface area contributed by atoms with E-state index in [1.807, 2.05) is 29.1 Å². The summed E-state index contributed by atoms with van der Waals surface area (Å²) in [6, 6.07) is 13.5. The van der Waals surface area contributed by atoms with Crippen molar-refractivity contribution in [1.29, 1.82) is 0 Å². The lowest BCUT2D eigenvalue weighted by molar-refractivity contribution is 0.0785. The van der Waals surface area contributed by atoms with Crippen LogP contribution in [0.3, 0.4) is 0 Å². The fraction of sp³-hybridized carbons (Fsp3) is 0.0952. The summed E-state index contributed by atoms with van der Waals surface area (Å²) in [6.45, 7) is 0.420. The first kappa shape index (κ1) is 17.7. The molecule has 2 aromatic heterocycles. The van der Waals surface area contributed by atoms with E-state index in [-0.39, 0.29) is 11.7 Å². The molecule has 2 heterocycles. The van der Waals surface area contributed by atoms with Crippen LogP contribution < -0.4 is 0 Å². The molecule has 0 aliphatic heterocycles. The third-order valence-electron chi connectivity index (χ3n) is 4.41. The van der Waals surface area contributed by atoms with Crippen LogP contribution in [0.5, 0.6) is 0 Å². The maximum absolute atomic E-state index is 13.1. The lowest BCUT2D eigenvalue weighted by Gasteiger charge is -2.16. The van der Waals surface area contributed by atoms with Gasteiger partial charge in [-0.05, 0) is 48.5 Å². The Morgan fingerprint density at radius 3 is 2.46 bits per heavy atom. The molecule has 6 nitrogen and oxygen atoms in total. The first-order valence-electron chi connectivity index (χ1n) is 8.73. The van der Waals surface area contributed by atoms with Crippen molar-refractivity contribution in [3.05, 3.63) is 96.6 Å². The van der Waals surface area contributed by atoms with Crippen LogP contribution in [0.4, 0.5) is 4.39 Å². The van der Waals surface area contributed by atoms with Crippen LogP contribution in [-0.4, -0.2) is 37.2 Å². The number of benzene rings is 2. The van der Waals surface area contributed by atoms with Crippen molar-refractivity contribution in [1.82, 2.24) is 24.2 Å². The van der Waals surface area contributed by atoms with E-state index < -0.39 is 0 Å². The van der Waals surface area contributed by atoms with Crippen LogP contribution in [0, 0.1) is 5.82 Å². The zero-order chi connectivity index (χ0) is 19.5. The van der Waals surface area contributed by atoms with Gasteiger partial charge in [-0.25, -0.2) is 14.1 Å². The van der Waals surface area contributed by atoms with Gasteiger partial charge in [-0.2, -0.15) is 5.10 Å². The maximum atomic E-state index is 13.1. The van der Waals surface area contributed by atoms with Gasteiger partial charge in [-0.15, -0.1) is 0 Å². The average Bonchev–Trinajstić information content (AvgIpc) is 3.40. The predicted octanol–water partition coefficient (Wildman–Crippen LogP) is 3.47. The predicted molar refractivity (Wildman–Crippen MR) is 103 cm³/mol. The monoisotopic (exact) mass is 375 g/mol. The Bertz CT molecular complexity index is 1070. The van der Waals surface area contributed by atoms with Gasteiger partial charge < -0.3 is 9.47 Å². The molecule has 0 N–H and O–H groups in total. The van der Waals surface area contributed by atoms with Gasteiger partial charge >= 0.3 is 0 Å². The second-order valence-electron chi connectivity index (χ2n) is 6.45. The number of hydrogen-bond acceptors (Lipinski definition) is 3. The number of carbonyl (C=O) groups is 1. The van der Waals surface area contributed by atoms with Crippen molar-refractivity contribution >= 4 is 5.91 Å². The highest BCUT2D eigenvalue weighted by molar-refractivity contribution is 5.94. The topological polar surface area (TPSA) is 56.0 Å². The Morgan fingerprint density at radius 2 is 1.79 bits per heavy atom. The molecule has 0 saturated heterocycles. The smallest absolute Gasteiger partial charge is 0.253 e. The number of halogens is 1. The molecule has 1 amide bonds. The Morgan fingerprint density at radius 1 is 1.07 bits per heavy atom. The van der Waals surface area contributed by atoms with E-state index >= 15 is 0 Å². The van der Waals surface area contributed by atoms with E-state index in [4.69, 9.17) is 0 Å². The molecule has 4 rings (SSSR count). The van der Waals surface area contributed by atoms with Crippen LogP contribution in [0.25, 0.3) is 11.4 Å². The Balaban J connectivity index is 1.44. The van der Waals surface area contributed by atoms with Gasteiger partial charge in [0.1, 0.15) is 5.82 Å². The molecule has 0 radical (unpaired) electrons. The van der Waals surface area contributed by atoms with E-state index in [1.165, 1.54) is 12.1 Å². The van der Waals surface area contributed by atoms with Gasteiger partial charge in [0.05, 0.1) is 18.2 Å². The summed E-state index contributed by atoms with van der Waals surface area (Å²) in [5.41, 5.74) is 3.20. The first-order valence-corrected chi connectivity index (χ1v) is 8.73. The largest absolute Gasteiger partial charge is 0.337 e. The molecular weight excluding hydrogens is 357 g/mol. The van der Waals surface area contributed by atoms with Gasteiger partial charge in [0.15, 0.2) is 0 Å². The summed E-state index contributed by atoms with van der Waals surface area (Å²) in [7, 11) is 1.75. The second-order valence-corrected chi connectivity index (χ2v) is 6.45. The zero-order valence-corrected chi connectivity index (χ0v) is 15.2. The highest BCUT2D eigenvalue weighted by atomic mass is 19.1. The third kappa shape index (κ3) is 3.68. The lowest BCUT2D eigenvalue weighted by Crippen LogP contribution is -2.26. The number of imidazole rings is 1. The average molecular weight is 375 g/mol. The number of amides is 1. The number of hydrogen-bond donors (Lipinski definition) is 0. The highest BCUT2D eigenvalue weighted by Gasteiger charge is 2.13. The number of carbonyl (C=O) groups excluding carboxylic acids is 1. The Hall–Kier alpha value is -3.74. The summed E-state index contributed by atoms with van der Waals surface area (Å²) in [4.78, 5) is 18.4. The molecule has 0 fully saturated rings. The summed E-state index contributed by atoms with van der Waals surface area (Å²) in [6.07, 6.45) is 8.80. The molecule has 0 unspecified atom stereocenters. The van der Waals surface area contributed by atoms with Crippen LogP contribution in [0.15, 0.2) is 79.6 Å². The van der Waals surface area contributed by atoms with Gasteiger partial charge in [-0.3, -0.25) is 4.79 Å². The minimum Gasteiger partial charge on any atom is -0.337 e. The fourth-order valence-corrected chi connectivity index (χ4v) is 2.93. The number of nitrogens with zero attached hydrogens (tertiary/aromatic N) is 5. The van der Waals surface area contributed by atoms with Gasteiger partial charge in [0.25, 0.3) is 5.91 Å². The van der Waals surface area contributed by atoms with E-state index in [1.54, 1.807) is 59.6 Å². The quantitative estimate of drug-likeness (QED) is 0.537. The van der Waals surface area contributed by atoms with Crippen molar-refractivity contribution in [2.45, 2.75) is 6.54 Å². The van der Waals surface area contributed by atoms with Gasteiger partial charge in [0.2, 0.25) is 0 Å². The second kappa shape index (κ2) is 7.48. The summed E-state index contributed by atoms with van der Waals surface area (Å²) in [5.74, 6) is -0.368. The maximum Gasteiger partial charge on any atom is 0.253 e. The molecule has 0 aliphatic rings. The zero-order valence-electron chi connectivity index (χ0n) is 15.2. The van der Waals surface area contributed by atoms with Crippen molar-refractivity contribution < 1.29 is 9.18 Å². The number of rotatable bonds is 5. The number of aromatic nitrogens is 4. The molecule has 0 bridgehead atoms. The third-order valence-corrected chi connectivity index (χ3v) is 4.41. The molecule has 0 atom stereocenters. The molecule has 4 aromatic rings. The van der Waals surface area contributed by atoms with Crippen molar-refractivity contribution in [2.24, 2.45) is 0 Å². The van der Waals surface area contributed by atoms with Crippen LogP contribution in [-0.2, 0) is 6.54 Å². The normalized spacial score (nSPS) is 10.8. The van der Waals surface area contributed by atoms with E-state index in [0.29, 0.717) is 12.1 Å². The molecule has 2 aromatic carbocycles. The van der Waals surface area contributed by atoms with Crippen LogP contribution in [0.2, 0.25) is 0 Å². The van der Waals surface area contributed by atoms with E-state index in [9.17, 15) is 9.18 Å². The molecule has 0 saturated carbocycles. The fourth-order valence-electron chi connectivity index (χ4n) is 2.93. The molecule has 28 heavy (non-hydrogen) atoms. The summed E-state index contributed by atoms with van der Waals surface area (Å²) >= 11 is 0. The van der Waals surface area contributed by atoms with Crippen molar-refractivity contribution in [2.75, 3.05) is 7.05 Å². The lowest BCUT2D eigenvalue weighted by atomic mass is 10.1. The molecular formula is C21H18FN5O. The Labute approximate surface area is 161 Å². The summed E-state index contributed by atoms with van der Waals surface area (Å²) in [5, 5.41) is 4.29. The summed E-state index contributed by atoms with van der Waals surface area (Å²) < 4.78 is 16.6. The minimum atomic E-state index is -0.291. The first-order chi connectivity index (χ1) is 13.6.